The van der Waals surface area contributed by atoms with Gasteiger partial charge in [-0.2, -0.15) is 0 Å². The van der Waals surface area contributed by atoms with Crippen molar-refractivity contribution in [3.8, 4) is 0 Å². The molecule has 6 nitrogen and oxygen atoms in total. The zero-order valence-corrected chi connectivity index (χ0v) is 15.4. The van der Waals surface area contributed by atoms with Crippen LogP contribution in [0.2, 0.25) is 0 Å². The zero-order valence-electron chi connectivity index (χ0n) is 15.4. The monoisotopic (exact) mass is 358 g/mol. The second-order valence-electron chi connectivity index (χ2n) is 7.32. The predicted molar refractivity (Wildman–Crippen MR) is 101 cm³/mol. The molecule has 0 bridgehead atoms. The van der Waals surface area contributed by atoms with Gasteiger partial charge in [-0.3, -0.25) is 14.5 Å². The number of piperidine rings is 1. The fraction of sp³-hybridized carbons (Fsp3) is 0.600. The van der Waals surface area contributed by atoms with E-state index in [1.54, 1.807) is 0 Å². The van der Waals surface area contributed by atoms with Crippen molar-refractivity contribution < 1.29 is 9.59 Å². The van der Waals surface area contributed by atoms with Gasteiger partial charge in [0.15, 0.2) is 0 Å². The highest BCUT2D eigenvalue weighted by atomic mass is 16.2. The van der Waals surface area contributed by atoms with Gasteiger partial charge >= 0.3 is 0 Å². The lowest BCUT2D eigenvalue weighted by Gasteiger charge is -2.35. The number of nitrogens with zero attached hydrogens (tertiary/aromatic N) is 2. The van der Waals surface area contributed by atoms with Crippen LogP contribution in [0.25, 0.3) is 0 Å². The van der Waals surface area contributed by atoms with Crippen LogP contribution in [0.1, 0.15) is 31.2 Å². The van der Waals surface area contributed by atoms with Crippen molar-refractivity contribution in [2.45, 2.75) is 38.3 Å². The van der Waals surface area contributed by atoms with Crippen molar-refractivity contribution in [3.05, 3.63) is 35.9 Å². The summed E-state index contributed by atoms with van der Waals surface area (Å²) in [5.74, 6) is 0.110. The molecule has 2 unspecified atom stereocenters. The molecule has 2 saturated heterocycles. The van der Waals surface area contributed by atoms with Gasteiger partial charge in [0.25, 0.3) is 0 Å². The Labute approximate surface area is 155 Å². The Morgan fingerprint density at radius 3 is 2.65 bits per heavy atom. The summed E-state index contributed by atoms with van der Waals surface area (Å²) in [5, 5.41) is 2.86. The second kappa shape index (κ2) is 9.14. The minimum atomic E-state index is -0.108. The highest BCUT2D eigenvalue weighted by Crippen LogP contribution is 2.25. The van der Waals surface area contributed by atoms with E-state index in [1.807, 2.05) is 23.1 Å². The Balaban J connectivity index is 1.59. The summed E-state index contributed by atoms with van der Waals surface area (Å²) >= 11 is 0. The van der Waals surface area contributed by atoms with Crippen molar-refractivity contribution in [1.29, 1.82) is 0 Å². The van der Waals surface area contributed by atoms with Crippen molar-refractivity contribution in [3.63, 3.8) is 0 Å². The van der Waals surface area contributed by atoms with Crippen LogP contribution in [-0.2, 0) is 16.1 Å². The largest absolute Gasteiger partial charge is 0.355 e. The maximum absolute atomic E-state index is 13.1. The zero-order chi connectivity index (χ0) is 18.4. The standard InChI is InChI=1S/C20H30N4O2/c21-10-11-22-19(25)17-8-4-13-24(15-17)20(26)18-9-5-12-23(18)14-16-6-2-1-3-7-16/h1-3,6-7,17-18H,4-5,8-15,21H2,(H,22,25). The Bertz CT molecular complexity index is 607. The number of hydrogen-bond acceptors (Lipinski definition) is 4. The average molecular weight is 358 g/mol. The van der Waals surface area contributed by atoms with Crippen LogP contribution in [0.5, 0.6) is 0 Å². The fourth-order valence-corrected chi connectivity index (χ4v) is 4.05. The van der Waals surface area contributed by atoms with Crippen molar-refractivity contribution >= 4 is 11.8 Å². The van der Waals surface area contributed by atoms with Gasteiger partial charge in [-0.25, -0.2) is 0 Å². The van der Waals surface area contributed by atoms with Crippen molar-refractivity contribution in [2.24, 2.45) is 11.7 Å². The van der Waals surface area contributed by atoms with E-state index in [4.69, 9.17) is 5.73 Å². The molecule has 3 rings (SSSR count). The number of nitrogens with one attached hydrogen (secondary N) is 1. The molecule has 2 atom stereocenters. The Morgan fingerprint density at radius 1 is 1.12 bits per heavy atom. The van der Waals surface area contributed by atoms with Gasteiger partial charge in [0.2, 0.25) is 11.8 Å². The van der Waals surface area contributed by atoms with E-state index in [0.29, 0.717) is 19.6 Å². The van der Waals surface area contributed by atoms with E-state index in [0.717, 1.165) is 45.3 Å². The fourth-order valence-electron chi connectivity index (χ4n) is 4.05. The number of rotatable bonds is 6. The van der Waals surface area contributed by atoms with E-state index in [1.165, 1.54) is 5.56 Å². The van der Waals surface area contributed by atoms with Crippen molar-refractivity contribution in [1.82, 2.24) is 15.1 Å². The SMILES string of the molecule is NCCNC(=O)C1CCCN(C(=O)C2CCCN2Cc2ccccc2)C1. The molecule has 0 spiro atoms. The Kier molecular flexibility index (Phi) is 6.63. The maximum atomic E-state index is 13.1. The Morgan fingerprint density at radius 2 is 1.88 bits per heavy atom. The first kappa shape index (κ1) is 18.9. The third kappa shape index (κ3) is 4.62. The van der Waals surface area contributed by atoms with Gasteiger partial charge in [-0.1, -0.05) is 30.3 Å². The van der Waals surface area contributed by atoms with Gasteiger partial charge in [0, 0.05) is 32.7 Å². The highest BCUT2D eigenvalue weighted by molar-refractivity contribution is 5.84. The van der Waals surface area contributed by atoms with Gasteiger partial charge in [0.1, 0.15) is 0 Å². The minimum absolute atomic E-state index is 0.0283. The molecule has 0 radical (unpaired) electrons. The number of amides is 2. The topological polar surface area (TPSA) is 78.7 Å². The van der Waals surface area contributed by atoms with E-state index in [2.05, 4.69) is 22.3 Å². The van der Waals surface area contributed by atoms with Crippen LogP contribution in [0.4, 0.5) is 0 Å². The molecule has 6 heteroatoms. The maximum Gasteiger partial charge on any atom is 0.239 e. The summed E-state index contributed by atoms with van der Waals surface area (Å²) in [7, 11) is 0. The molecule has 1 aromatic rings. The van der Waals surface area contributed by atoms with Crippen LogP contribution in [0, 0.1) is 5.92 Å². The van der Waals surface area contributed by atoms with Gasteiger partial charge in [-0.05, 0) is 37.8 Å². The third-order valence-electron chi connectivity index (χ3n) is 5.42. The number of hydrogen-bond donors (Lipinski definition) is 2. The van der Waals surface area contributed by atoms with Gasteiger partial charge in [0.05, 0.1) is 12.0 Å². The smallest absolute Gasteiger partial charge is 0.239 e. The lowest BCUT2D eigenvalue weighted by atomic mass is 9.96. The summed E-state index contributed by atoms with van der Waals surface area (Å²) in [6, 6.07) is 10.3. The number of carbonyl (C=O) groups excluding carboxylic acids is 2. The number of benzene rings is 1. The molecule has 142 valence electrons. The molecule has 2 heterocycles. The summed E-state index contributed by atoms with van der Waals surface area (Å²) in [6.45, 7) is 4.00. The summed E-state index contributed by atoms with van der Waals surface area (Å²) < 4.78 is 0. The Hall–Kier alpha value is -1.92. The molecule has 0 saturated carbocycles. The predicted octanol–water partition coefficient (Wildman–Crippen LogP) is 0.965. The number of nitrogens with two attached hydrogens (primary N) is 1. The normalized spacial score (nSPS) is 23.8. The van der Waals surface area contributed by atoms with Crippen LogP contribution < -0.4 is 11.1 Å². The van der Waals surface area contributed by atoms with E-state index < -0.39 is 0 Å². The summed E-state index contributed by atoms with van der Waals surface area (Å²) in [4.78, 5) is 29.5. The minimum Gasteiger partial charge on any atom is -0.355 e. The molecular weight excluding hydrogens is 328 g/mol. The lowest BCUT2D eigenvalue weighted by Crippen LogP contribution is -2.51. The molecule has 1 aromatic carbocycles. The molecule has 2 aliphatic rings. The average Bonchev–Trinajstić information content (AvgIpc) is 3.14. The second-order valence-corrected chi connectivity index (χ2v) is 7.32. The first-order chi connectivity index (χ1) is 12.7. The first-order valence-electron chi connectivity index (χ1n) is 9.73. The lowest BCUT2D eigenvalue weighted by molar-refractivity contribution is -0.139. The third-order valence-corrected chi connectivity index (χ3v) is 5.42. The van der Waals surface area contributed by atoms with E-state index in [9.17, 15) is 9.59 Å². The number of carbonyl (C=O) groups is 2. The van der Waals surface area contributed by atoms with Crippen molar-refractivity contribution in [2.75, 3.05) is 32.7 Å². The molecule has 2 fully saturated rings. The molecule has 3 N–H and O–H groups in total. The van der Waals surface area contributed by atoms with Crippen LogP contribution in [-0.4, -0.2) is 60.4 Å². The summed E-state index contributed by atoms with van der Waals surface area (Å²) in [5.41, 5.74) is 6.70. The molecule has 2 amide bonds. The number of likely N-dealkylation sites (tertiary alicyclic amines) is 2. The molecular formula is C20H30N4O2. The van der Waals surface area contributed by atoms with Gasteiger partial charge < -0.3 is 16.0 Å². The first-order valence-corrected chi connectivity index (χ1v) is 9.73. The van der Waals surface area contributed by atoms with Gasteiger partial charge in [-0.15, -0.1) is 0 Å². The molecule has 0 aromatic heterocycles. The van der Waals surface area contributed by atoms with E-state index >= 15 is 0 Å². The van der Waals surface area contributed by atoms with Crippen LogP contribution in [0.15, 0.2) is 30.3 Å². The van der Waals surface area contributed by atoms with E-state index in [-0.39, 0.29) is 23.8 Å². The molecule has 2 aliphatic heterocycles. The van der Waals surface area contributed by atoms with Crippen LogP contribution >= 0.6 is 0 Å². The molecule has 26 heavy (non-hydrogen) atoms. The quantitative estimate of drug-likeness (QED) is 0.794. The highest BCUT2D eigenvalue weighted by Gasteiger charge is 2.36. The molecule has 0 aliphatic carbocycles. The van der Waals surface area contributed by atoms with Crippen LogP contribution in [0.3, 0.4) is 0 Å². The summed E-state index contributed by atoms with van der Waals surface area (Å²) in [6.07, 6.45) is 3.69.